The third-order valence-electron chi connectivity index (χ3n) is 1.52. The second kappa shape index (κ2) is 5.60. The van der Waals surface area contributed by atoms with Crippen LogP contribution in [0.3, 0.4) is 0 Å². The summed E-state index contributed by atoms with van der Waals surface area (Å²) in [5, 5.41) is 8.61. The summed E-state index contributed by atoms with van der Waals surface area (Å²) in [6.07, 6.45) is -2.58. The largest absolute Gasteiger partial charge is 0.395 e. The molecule has 0 rings (SSSR count). The van der Waals surface area contributed by atoms with Gasteiger partial charge in [-0.3, -0.25) is 4.79 Å². The maximum Gasteiger partial charge on any atom is 0.255 e. The molecule has 0 aromatic heterocycles. The van der Waals surface area contributed by atoms with E-state index in [1.165, 1.54) is 0 Å². The highest BCUT2D eigenvalue weighted by Gasteiger charge is 2.30. The molecule has 1 N–H and O–H groups in total. The fourth-order valence-corrected chi connectivity index (χ4v) is 1.19. The first-order chi connectivity index (χ1) is 6.29. The molecule has 0 heterocycles. The van der Waals surface area contributed by atoms with Crippen LogP contribution in [0.25, 0.3) is 0 Å². The van der Waals surface area contributed by atoms with Gasteiger partial charge in [-0.2, -0.15) is 0 Å². The first-order valence-electron chi connectivity index (χ1n) is 4.16. The fraction of sp³-hybridized carbons (Fsp3) is 0.875. The van der Waals surface area contributed by atoms with Gasteiger partial charge in [0.15, 0.2) is 0 Å². The zero-order valence-electron chi connectivity index (χ0n) is 8.14. The van der Waals surface area contributed by atoms with E-state index in [1.807, 2.05) is 0 Å². The SMILES string of the molecule is CC(C)(Br)C(=O)N(CCO)CC(F)F. The topological polar surface area (TPSA) is 40.5 Å². The van der Waals surface area contributed by atoms with Crippen molar-refractivity contribution in [1.82, 2.24) is 4.90 Å². The van der Waals surface area contributed by atoms with Gasteiger partial charge in [0.05, 0.1) is 17.5 Å². The monoisotopic (exact) mass is 273 g/mol. The van der Waals surface area contributed by atoms with Crippen molar-refractivity contribution in [1.29, 1.82) is 0 Å². The number of carbonyl (C=O) groups is 1. The highest BCUT2D eigenvalue weighted by Crippen LogP contribution is 2.19. The molecule has 0 radical (unpaired) electrons. The fourth-order valence-electron chi connectivity index (χ4n) is 0.939. The summed E-state index contributed by atoms with van der Waals surface area (Å²) in [5.74, 6) is -0.452. The highest BCUT2D eigenvalue weighted by atomic mass is 79.9. The quantitative estimate of drug-likeness (QED) is 0.766. The Labute approximate surface area is 90.2 Å². The molecule has 0 aliphatic heterocycles. The summed E-state index contributed by atoms with van der Waals surface area (Å²) in [5.41, 5.74) is 0. The van der Waals surface area contributed by atoms with E-state index in [-0.39, 0.29) is 13.2 Å². The zero-order valence-corrected chi connectivity index (χ0v) is 9.72. The minimum Gasteiger partial charge on any atom is -0.395 e. The van der Waals surface area contributed by atoms with Crippen molar-refractivity contribution in [3.05, 3.63) is 0 Å². The second-order valence-corrected chi connectivity index (χ2v) is 5.32. The van der Waals surface area contributed by atoms with Crippen LogP contribution in [0.1, 0.15) is 13.8 Å². The number of hydrogen-bond donors (Lipinski definition) is 1. The van der Waals surface area contributed by atoms with Crippen molar-refractivity contribution in [2.75, 3.05) is 19.7 Å². The van der Waals surface area contributed by atoms with Crippen molar-refractivity contribution in [3.63, 3.8) is 0 Å². The summed E-state index contributed by atoms with van der Waals surface area (Å²) in [6.45, 7) is 2.12. The van der Waals surface area contributed by atoms with Crippen LogP contribution >= 0.6 is 15.9 Å². The van der Waals surface area contributed by atoms with E-state index in [2.05, 4.69) is 15.9 Å². The third kappa shape index (κ3) is 4.85. The average Bonchev–Trinajstić information content (AvgIpc) is 2.00. The average molecular weight is 274 g/mol. The molecular weight excluding hydrogens is 260 g/mol. The molecule has 0 unspecified atom stereocenters. The van der Waals surface area contributed by atoms with Gasteiger partial charge in [-0.25, -0.2) is 8.78 Å². The van der Waals surface area contributed by atoms with Gasteiger partial charge >= 0.3 is 0 Å². The smallest absolute Gasteiger partial charge is 0.255 e. The summed E-state index contributed by atoms with van der Waals surface area (Å²) >= 11 is 3.09. The third-order valence-corrected chi connectivity index (χ3v) is 1.86. The number of aliphatic hydroxyl groups excluding tert-OH is 1. The molecule has 0 saturated heterocycles. The van der Waals surface area contributed by atoms with E-state index in [9.17, 15) is 13.6 Å². The minimum absolute atomic E-state index is 0.0712. The van der Waals surface area contributed by atoms with Gasteiger partial charge in [-0.05, 0) is 13.8 Å². The van der Waals surface area contributed by atoms with E-state index < -0.39 is 23.2 Å². The molecule has 0 fully saturated rings. The predicted octanol–water partition coefficient (Wildman–Crippen LogP) is 1.25. The molecule has 0 bridgehead atoms. The standard InChI is InChI=1S/C8H14BrF2NO2/c1-8(2,9)7(14)12(3-4-13)5-6(10)11/h6,13H,3-5H2,1-2H3. The van der Waals surface area contributed by atoms with Gasteiger partial charge in [0.25, 0.3) is 6.43 Å². The van der Waals surface area contributed by atoms with Gasteiger partial charge in [-0.1, -0.05) is 15.9 Å². The number of hydrogen-bond acceptors (Lipinski definition) is 2. The maximum absolute atomic E-state index is 12.1. The summed E-state index contributed by atoms with van der Waals surface area (Å²) in [6, 6.07) is 0. The van der Waals surface area contributed by atoms with E-state index in [0.717, 1.165) is 4.90 Å². The Morgan fingerprint density at radius 3 is 2.36 bits per heavy atom. The zero-order chi connectivity index (χ0) is 11.4. The molecule has 0 aromatic rings. The minimum atomic E-state index is -2.58. The van der Waals surface area contributed by atoms with Gasteiger partial charge in [-0.15, -0.1) is 0 Å². The Kier molecular flexibility index (Phi) is 5.51. The summed E-state index contributed by atoms with van der Waals surface area (Å²) in [4.78, 5) is 12.5. The van der Waals surface area contributed by atoms with Crippen molar-refractivity contribution in [3.8, 4) is 0 Å². The molecule has 14 heavy (non-hydrogen) atoms. The van der Waals surface area contributed by atoms with E-state index >= 15 is 0 Å². The first-order valence-corrected chi connectivity index (χ1v) is 4.95. The Balaban J connectivity index is 4.41. The van der Waals surface area contributed by atoms with E-state index in [0.29, 0.717) is 0 Å². The number of aliphatic hydroxyl groups is 1. The van der Waals surface area contributed by atoms with Crippen LogP contribution in [-0.2, 0) is 4.79 Å². The van der Waals surface area contributed by atoms with Gasteiger partial charge in [0, 0.05) is 6.54 Å². The molecule has 0 saturated carbocycles. The molecule has 3 nitrogen and oxygen atoms in total. The van der Waals surface area contributed by atoms with Crippen LogP contribution in [0.4, 0.5) is 8.78 Å². The molecule has 0 aromatic carbocycles. The van der Waals surface area contributed by atoms with Crippen molar-refractivity contribution in [2.24, 2.45) is 0 Å². The van der Waals surface area contributed by atoms with Crippen LogP contribution in [0.5, 0.6) is 0 Å². The lowest BCUT2D eigenvalue weighted by Gasteiger charge is -2.27. The van der Waals surface area contributed by atoms with Gasteiger partial charge < -0.3 is 10.0 Å². The Bertz CT molecular complexity index is 194. The Morgan fingerprint density at radius 2 is 2.07 bits per heavy atom. The lowest BCUT2D eigenvalue weighted by molar-refractivity contribution is -0.135. The number of alkyl halides is 3. The maximum atomic E-state index is 12.1. The summed E-state index contributed by atoms with van der Waals surface area (Å²) in [7, 11) is 0. The lowest BCUT2D eigenvalue weighted by Crippen LogP contribution is -2.45. The molecule has 0 aliphatic carbocycles. The molecule has 0 atom stereocenters. The van der Waals surface area contributed by atoms with Gasteiger partial charge in [0.2, 0.25) is 5.91 Å². The van der Waals surface area contributed by atoms with Gasteiger partial charge in [0.1, 0.15) is 0 Å². The van der Waals surface area contributed by atoms with Crippen LogP contribution in [0.15, 0.2) is 0 Å². The molecule has 6 heteroatoms. The summed E-state index contributed by atoms with van der Waals surface area (Å²) < 4.78 is 23.3. The second-order valence-electron chi connectivity index (χ2n) is 3.34. The number of rotatable bonds is 5. The van der Waals surface area contributed by atoms with E-state index in [1.54, 1.807) is 13.8 Å². The normalized spacial score (nSPS) is 11.9. The van der Waals surface area contributed by atoms with Crippen LogP contribution in [0, 0.1) is 0 Å². The molecule has 84 valence electrons. The number of halogens is 3. The lowest BCUT2D eigenvalue weighted by atomic mass is 10.2. The molecule has 1 amide bonds. The van der Waals surface area contributed by atoms with E-state index in [4.69, 9.17) is 5.11 Å². The Hall–Kier alpha value is -0.230. The van der Waals surface area contributed by atoms with Crippen molar-refractivity contribution in [2.45, 2.75) is 24.6 Å². The number of carbonyl (C=O) groups excluding carboxylic acids is 1. The van der Waals surface area contributed by atoms with Crippen LogP contribution < -0.4 is 0 Å². The first kappa shape index (κ1) is 13.8. The predicted molar refractivity (Wildman–Crippen MR) is 52.7 cm³/mol. The molecular formula is C8H14BrF2NO2. The van der Waals surface area contributed by atoms with Crippen LogP contribution in [-0.4, -0.2) is 46.4 Å². The van der Waals surface area contributed by atoms with Crippen molar-refractivity contribution < 1.29 is 18.7 Å². The Morgan fingerprint density at radius 1 is 1.57 bits per heavy atom. The number of amides is 1. The molecule has 0 aliphatic rings. The van der Waals surface area contributed by atoms with Crippen LogP contribution in [0.2, 0.25) is 0 Å². The molecule has 0 spiro atoms. The number of nitrogens with zero attached hydrogens (tertiary/aromatic N) is 1. The highest BCUT2D eigenvalue weighted by molar-refractivity contribution is 9.10. The van der Waals surface area contributed by atoms with Crippen molar-refractivity contribution >= 4 is 21.8 Å².